The van der Waals surface area contributed by atoms with Crippen LogP contribution in [0, 0.1) is 5.92 Å². The molecule has 0 amide bonds. The lowest BCUT2D eigenvalue weighted by molar-refractivity contribution is 0.265. The summed E-state index contributed by atoms with van der Waals surface area (Å²) in [5.74, 6) is 1.12. The van der Waals surface area contributed by atoms with E-state index >= 15 is 0 Å². The summed E-state index contributed by atoms with van der Waals surface area (Å²) in [6.07, 6.45) is 3.48. The fourth-order valence-corrected chi connectivity index (χ4v) is 4.43. The van der Waals surface area contributed by atoms with Crippen molar-refractivity contribution in [3.63, 3.8) is 0 Å². The summed E-state index contributed by atoms with van der Waals surface area (Å²) in [5, 5.41) is 0. The molecule has 108 valence electrons. The highest BCUT2D eigenvalue weighted by Crippen LogP contribution is 2.22. The van der Waals surface area contributed by atoms with E-state index in [0.29, 0.717) is 38.0 Å². The maximum absolute atomic E-state index is 12.5. The summed E-state index contributed by atoms with van der Waals surface area (Å²) in [4.78, 5) is 0. The molecule has 0 aromatic heterocycles. The third-order valence-electron chi connectivity index (χ3n) is 3.39. The minimum atomic E-state index is -3.26. The molecule has 0 aromatic carbocycles. The van der Waals surface area contributed by atoms with Crippen molar-refractivity contribution in [1.29, 1.82) is 0 Å². The summed E-state index contributed by atoms with van der Waals surface area (Å²) < 4.78 is 28.2. The Morgan fingerprint density at radius 1 is 1.17 bits per heavy atom. The van der Waals surface area contributed by atoms with Gasteiger partial charge in [0.1, 0.15) is 0 Å². The van der Waals surface area contributed by atoms with Gasteiger partial charge in [-0.05, 0) is 31.6 Å². The van der Waals surface area contributed by atoms with Crippen molar-refractivity contribution in [2.24, 2.45) is 5.92 Å². The summed E-state index contributed by atoms with van der Waals surface area (Å²) in [7, 11) is -3.26. The van der Waals surface area contributed by atoms with Gasteiger partial charge in [-0.2, -0.15) is 17.0 Å². The van der Waals surface area contributed by atoms with Crippen LogP contribution in [0.1, 0.15) is 39.5 Å². The van der Waals surface area contributed by atoms with E-state index in [0.717, 1.165) is 25.7 Å². The van der Waals surface area contributed by atoms with Crippen molar-refractivity contribution in [3.8, 4) is 0 Å². The fraction of sp³-hybridized carbons (Fsp3) is 1.00. The number of hydrogen-bond donors (Lipinski definition) is 0. The predicted molar refractivity (Wildman–Crippen MR) is 76.1 cm³/mol. The highest BCUT2D eigenvalue weighted by Gasteiger charge is 2.31. The predicted octanol–water partition coefficient (Wildman–Crippen LogP) is 2.30. The van der Waals surface area contributed by atoms with Crippen LogP contribution in [-0.4, -0.2) is 49.1 Å². The summed E-state index contributed by atoms with van der Waals surface area (Å²) >= 11 is 5.83. The highest BCUT2D eigenvalue weighted by molar-refractivity contribution is 7.86. The molecule has 4 nitrogen and oxygen atoms in total. The lowest BCUT2D eigenvalue weighted by atomic mass is 10.0. The Morgan fingerprint density at radius 3 is 2.06 bits per heavy atom. The Balaban J connectivity index is 2.66. The molecule has 0 unspecified atom stereocenters. The van der Waals surface area contributed by atoms with Crippen molar-refractivity contribution in [1.82, 2.24) is 8.61 Å². The number of rotatable bonds is 7. The molecular weight excluding hydrogens is 272 g/mol. The Morgan fingerprint density at radius 2 is 1.67 bits per heavy atom. The highest BCUT2D eigenvalue weighted by atomic mass is 35.5. The maximum atomic E-state index is 12.5. The minimum absolute atomic E-state index is 0.476. The van der Waals surface area contributed by atoms with Gasteiger partial charge in [0, 0.05) is 32.1 Å². The van der Waals surface area contributed by atoms with Crippen LogP contribution in [0.5, 0.6) is 0 Å². The molecule has 1 saturated heterocycles. The van der Waals surface area contributed by atoms with Gasteiger partial charge in [-0.3, -0.25) is 0 Å². The molecule has 0 aromatic rings. The second-order valence-electron chi connectivity index (χ2n) is 4.90. The van der Waals surface area contributed by atoms with Crippen LogP contribution >= 0.6 is 11.6 Å². The van der Waals surface area contributed by atoms with Gasteiger partial charge >= 0.3 is 0 Å². The zero-order valence-electron chi connectivity index (χ0n) is 11.4. The quantitative estimate of drug-likeness (QED) is 0.677. The van der Waals surface area contributed by atoms with Crippen molar-refractivity contribution in [2.45, 2.75) is 39.5 Å². The molecule has 18 heavy (non-hydrogen) atoms. The average Bonchev–Trinajstić information content (AvgIpc) is 2.38. The maximum Gasteiger partial charge on any atom is 0.281 e. The topological polar surface area (TPSA) is 40.6 Å². The number of halogens is 1. The normalized spacial score (nSPS) is 19.6. The molecule has 0 saturated carbocycles. The zero-order valence-corrected chi connectivity index (χ0v) is 13.0. The molecule has 0 spiro atoms. The number of hydrogen-bond acceptors (Lipinski definition) is 2. The molecule has 1 fully saturated rings. The molecule has 0 atom stereocenters. The number of alkyl halides is 1. The lowest BCUT2D eigenvalue weighted by Crippen LogP contribution is -2.47. The van der Waals surface area contributed by atoms with Crippen molar-refractivity contribution >= 4 is 21.8 Å². The standard InChI is InChI=1S/C12H25ClN2O2S/c1-3-7-14(8-4-2)18(16,17)15-9-5-12(11-13)6-10-15/h12H,3-11H2,1-2H3. The van der Waals surface area contributed by atoms with E-state index in [4.69, 9.17) is 11.6 Å². The van der Waals surface area contributed by atoms with Crippen LogP contribution in [0.15, 0.2) is 0 Å². The zero-order chi connectivity index (χ0) is 13.6. The Hall–Kier alpha value is 0.160. The molecular formula is C12H25ClN2O2S. The molecule has 0 N–H and O–H groups in total. The summed E-state index contributed by atoms with van der Waals surface area (Å²) in [5.41, 5.74) is 0. The molecule has 0 radical (unpaired) electrons. The van der Waals surface area contributed by atoms with Crippen LogP contribution in [0.2, 0.25) is 0 Å². The van der Waals surface area contributed by atoms with Crippen molar-refractivity contribution < 1.29 is 8.42 Å². The molecule has 6 heteroatoms. The van der Waals surface area contributed by atoms with Gasteiger partial charge in [0.15, 0.2) is 0 Å². The molecule has 0 aliphatic carbocycles. The van der Waals surface area contributed by atoms with Gasteiger partial charge in [0.25, 0.3) is 10.2 Å². The van der Waals surface area contributed by atoms with Gasteiger partial charge in [-0.25, -0.2) is 0 Å². The molecule has 0 bridgehead atoms. The molecule has 1 heterocycles. The van der Waals surface area contributed by atoms with Gasteiger partial charge in [-0.1, -0.05) is 13.8 Å². The SMILES string of the molecule is CCCN(CCC)S(=O)(=O)N1CCC(CCl)CC1. The van der Waals surface area contributed by atoms with Crippen LogP contribution < -0.4 is 0 Å². The first-order chi connectivity index (χ1) is 8.56. The van der Waals surface area contributed by atoms with Crippen LogP contribution in [0.3, 0.4) is 0 Å². The molecule has 1 rings (SSSR count). The van der Waals surface area contributed by atoms with Gasteiger partial charge < -0.3 is 0 Å². The van der Waals surface area contributed by atoms with E-state index in [1.165, 1.54) is 0 Å². The Labute approximate surface area is 116 Å². The second kappa shape index (κ2) is 7.68. The first-order valence-corrected chi connectivity index (χ1v) is 8.80. The third-order valence-corrected chi connectivity index (χ3v) is 5.86. The smallest absolute Gasteiger partial charge is 0.195 e. The number of piperidine rings is 1. The van der Waals surface area contributed by atoms with Crippen LogP contribution in [-0.2, 0) is 10.2 Å². The monoisotopic (exact) mass is 296 g/mol. The minimum Gasteiger partial charge on any atom is -0.195 e. The second-order valence-corrected chi connectivity index (χ2v) is 7.14. The lowest BCUT2D eigenvalue weighted by Gasteiger charge is -2.34. The van der Waals surface area contributed by atoms with E-state index in [-0.39, 0.29) is 0 Å². The van der Waals surface area contributed by atoms with E-state index in [1.54, 1.807) is 8.61 Å². The van der Waals surface area contributed by atoms with Gasteiger partial charge in [0.05, 0.1) is 0 Å². The van der Waals surface area contributed by atoms with E-state index in [1.807, 2.05) is 13.8 Å². The molecule has 1 aliphatic rings. The first kappa shape index (κ1) is 16.2. The average molecular weight is 297 g/mol. The largest absolute Gasteiger partial charge is 0.281 e. The van der Waals surface area contributed by atoms with E-state index in [2.05, 4.69) is 0 Å². The van der Waals surface area contributed by atoms with Crippen LogP contribution in [0.4, 0.5) is 0 Å². The Bertz CT molecular complexity index is 321. The van der Waals surface area contributed by atoms with E-state index < -0.39 is 10.2 Å². The first-order valence-electron chi connectivity index (χ1n) is 6.87. The summed E-state index contributed by atoms with van der Waals surface area (Å²) in [6.45, 7) is 6.49. The van der Waals surface area contributed by atoms with Gasteiger partial charge in [0.2, 0.25) is 0 Å². The van der Waals surface area contributed by atoms with Crippen molar-refractivity contribution in [3.05, 3.63) is 0 Å². The fourth-order valence-electron chi connectivity index (χ4n) is 2.30. The van der Waals surface area contributed by atoms with Crippen molar-refractivity contribution in [2.75, 3.05) is 32.1 Å². The Kier molecular flexibility index (Phi) is 6.92. The third kappa shape index (κ3) is 4.08. The molecule has 1 aliphatic heterocycles. The number of nitrogens with zero attached hydrogens (tertiary/aromatic N) is 2. The van der Waals surface area contributed by atoms with E-state index in [9.17, 15) is 8.42 Å². The summed E-state index contributed by atoms with van der Waals surface area (Å²) in [6, 6.07) is 0. The van der Waals surface area contributed by atoms with Crippen LogP contribution in [0.25, 0.3) is 0 Å². The van der Waals surface area contributed by atoms with Gasteiger partial charge in [-0.15, -0.1) is 11.6 Å².